The summed E-state index contributed by atoms with van der Waals surface area (Å²) in [5, 5.41) is 2.15. The lowest BCUT2D eigenvalue weighted by Gasteiger charge is -2.23. The Kier molecular flexibility index (Phi) is 4.64. The molecule has 0 unspecified atom stereocenters. The smallest absolute Gasteiger partial charge is 0.413 e. The minimum Gasteiger partial charge on any atom is -0.454 e. The highest BCUT2D eigenvalue weighted by Crippen LogP contribution is 2.32. The molecule has 1 heterocycles. The van der Waals surface area contributed by atoms with Gasteiger partial charge in [0, 0.05) is 6.54 Å². The van der Waals surface area contributed by atoms with Crippen molar-refractivity contribution in [3.8, 4) is 11.5 Å². The van der Waals surface area contributed by atoms with Crippen LogP contribution >= 0.6 is 0 Å². The average Bonchev–Trinajstić information content (AvgIpc) is 2.93. The van der Waals surface area contributed by atoms with Crippen LogP contribution < -0.4 is 14.8 Å². The molecule has 1 aromatic carbocycles. The monoisotopic (exact) mass is 294 g/mol. The molecular weight excluding hydrogens is 276 g/mol. The van der Waals surface area contributed by atoms with Gasteiger partial charge in [0.1, 0.15) is 0 Å². The molecule has 0 saturated heterocycles. The van der Waals surface area contributed by atoms with Gasteiger partial charge in [0.25, 0.3) is 0 Å². The highest BCUT2D eigenvalue weighted by molar-refractivity contribution is 5.94. The van der Waals surface area contributed by atoms with Crippen molar-refractivity contribution in [1.82, 2.24) is 10.2 Å². The van der Waals surface area contributed by atoms with Crippen LogP contribution in [0.3, 0.4) is 0 Å². The van der Waals surface area contributed by atoms with Crippen molar-refractivity contribution in [2.45, 2.75) is 19.5 Å². The predicted molar refractivity (Wildman–Crippen MR) is 74.0 cm³/mol. The summed E-state index contributed by atoms with van der Waals surface area (Å²) in [5.41, 5.74) is 0.986. The summed E-state index contributed by atoms with van der Waals surface area (Å²) in [7, 11) is 3.01. The van der Waals surface area contributed by atoms with E-state index < -0.39 is 18.0 Å². The number of amides is 2. The quantitative estimate of drug-likeness (QED) is 0.896. The standard InChI is InChI=1S/C14H18N2O5/c1-9(13(17)15-14(18)19-3)16(2)7-10-4-5-11-12(6-10)21-8-20-11/h4-6,9H,7-8H2,1-3H3,(H,15,17,18)/t9-/m0/s1. The van der Waals surface area contributed by atoms with E-state index >= 15 is 0 Å². The molecule has 114 valence electrons. The Morgan fingerprint density at radius 3 is 2.81 bits per heavy atom. The van der Waals surface area contributed by atoms with Gasteiger partial charge >= 0.3 is 6.09 Å². The fraction of sp³-hybridized carbons (Fsp3) is 0.429. The number of likely N-dealkylation sites (N-methyl/N-ethyl adjacent to an activating group) is 1. The number of hydrogen-bond acceptors (Lipinski definition) is 6. The van der Waals surface area contributed by atoms with Crippen LogP contribution in [0.5, 0.6) is 11.5 Å². The molecule has 0 radical (unpaired) electrons. The largest absolute Gasteiger partial charge is 0.454 e. The van der Waals surface area contributed by atoms with E-state index in [1.807, 2.05) is 23.1 Å². The van der Waals surface area contributed by atoms with E-state index in [0.717, 1.165) is 11.3 Å². The molecular formula is C14H18N2O5. The number of rotatable bonds is 4. The van der Waals surface area contributed by atoms with Crippen molar-refractivity contribution in [3.63, 3.8) is 0 Å². The lowest BCUT2D eigenvalue weighted by Crippen LogP contribution is -2.45. The zero-order valence-corrected chi connectivity index (χ0v) is 12.2. The minimum atomic E-state index is -0.761. The summed E-state index contributed by atoms with van der Waals surface area (Å²) >= 11 is 0. The van der Waals surface area contributed by atoms with Gasteiger partial charge < -0.3 is 14.2 Å². The number of carbonyl (C=O) groups excluding carboxylic acids is 2. The SMILES string of the molecule is COC(=O)NC(=O)[C@H](C)N(C)Cc1ccc2c(c1)OCO2. The number of benzene rings is 1. The molecule has 2 amide bonds. The van der Waals surface area contributed by atoms with Crippen molar-refractivity contribution >= 4 is 12.0 Å². The van der Waals surface area contributed by atoms with Crippen LogP contribution in [0.15, 0.2) is 18.2 Å². The van der Waals surface area contributed by atoms with E-state index in [0.29, 0.717) is 12.3 Å². The van der Waals surface area contributed by atoms with Crippen LogP contribution in [-0.4, -0.2) is 43.9 Å². The molecule has 0 bridgehead atoms. The highest BCUT2D eigenvalue weighted by Gasteiger charge is 2.21. The second-order valence-electron chi connectivity index (χ2n) is 4.76. The van der Waals surface area contributed by atoms with Gasteiger partial charge in [-0.05, 0) is 31.7 Å². The first-order valence-electron chi connectivity index (χ1n) is 6.49. The first-order chi connectivity index (χ1) is 10.0. The molecule has 7 heteroatoms. The zero-order valence-electron chi connectivity index (χ0n) is 12.2. The van der Waals surface area contributed by atoms with Crippen LogP contribution in [0, 0.1) is 0 Å². The molecule has 0 aliphatic carbocycles. The lowest BCUT2D eigenvalue weighted by molar-refractivity contribution is -0.124. The Bertz CT molecular complexity index is 546. The van der Waals surface area contributed by atoms with Crippen LogP contribution in [-0.2, 0) is 16.1 Å². The maximum absolute atomic E-state index is 11.8. The van der Waals surface area contributed by atoms with Gasteiger partial charge in [-0.2, -0.15) is 0 Å². The van der Waals surface area contributed by atoms with Gasteiger partial charge in [-0.3, -0.25) is 15.0 Å². The fourth-order valence-electron chi connectivity index (χ4n) is 1.92. The average molecular weight is 294 g/mol. The second kappa shape index (κ2) is 6.45. The zero-order chi connectivity index (χ0) is 15.4. The van der Waals surface area contributed by atoms with Gasteiger partial charge in [0.2, 0.25) is 12.7 Å². The van der Waals surface area contributed by atoms with Crippen LogP contribution in [0.1, 0.15) is 12.5 Å². The number of nitrogens with one attached hydrogen (secondary N) is 1. The molecule has 1 N–H and O–H groups in total. The molecule has 1 aromatic rings. The molecule has 0 spiro atoms. The third-order valence-electron chi connectivity index (χ3n) is 3.32. The first kappa shape index (κ1) is 15.1. The Balaban J connectivity index is 1.95. The van der Waals surface area contributed by atoms with Gasteiger partial charge in [-0.25, -0.2) is 4.79 Å². The fourth-order valence-corrected chi connectivity index (χ4v) is 1.92. The van der Waals surface area contributed by atoms with Crippen molar-refractivity contribution in [2.75, 3.05) is 21.0 Å². The van der Waals surface area contributed by atoms with E-state index in [1.165, 1.54) is 7.11 Å². The van der Waals surface area contributed by atoms with Crippen molar-refractivity contribution in [1.29, 1.82) is 0 Å². The Morgan fingerprint density at radius 2 is 2.10 bits per heavy atom. The normalized spacial score (nSPS) is 13.9. The molecule has 0 fully saturated rings. The maximum Gasteiger partial charge on any atom is 0.413 e. The van der Waals surface area contributed by atoms with E-state index in [2.05, 4.69) is 10.1 Å². The van der Waals surface area contributed by atoms with Crippen molar-refractivity contribution in [3.05, 3.63) is 23.8 Å². The number of nitrogens with zero attached hydrogens (tertiary/aromatic N) is 1. The van der Waals surface area contributed by atoms with Crippen molar-refractivity contribution < 1.29 is 23.8 Å². The molecule has 1 atom stereocenters. The summed E-state index contributed by atoms with van der Waals surface area (Å²) in [5.74, 6) is 1.01. The van der Waals surface area contributed by atoms with E-state index in [9.17, 15) is 9.59 Å². The Labute approximate surface area is 122 Å². The lowest BCUT2D eigenvalue weighted by atomic mass is 10.1. The number of carbonyl (C=O) groups is 2. The second-order valence-corrected chi connectivity index (χ2v) is 4.76. The third-order valence-corrected chi connectivity index (χ3v) is 3.32. The minimum absolute atomic E-state index is 0.229. The van der Waals surface area contributed by atoms with E-state index in [1.54, 1.807) is 14.0 Å². The topological polar surface area (TPSA) is 77.1 Å². The molecule has 1 aliphatic rings. The van der Waals surface area contributed by atoms with Crippen LogP contribution in [0.25, 0.3) is 0 Å². The van der Waals surface area contributed by atoms with Gasteiger partial charge in [0.15, 0.2) is 11.5 Å². The molecule has 7 nitrogen and oxygen atoms in total. The summed E-state index contributed by atoms with van der Waals surface area (Å²) in [6, 6.07) is 5.15. The number of hydrogen-bond donors (Lipinski definition) is 1. The predicted octanol–water partition coefficient (Wildman–Crippen LogP) is 1.12. The summed E-state index contributed by atoms with van der Waals surface area (Å²) in [6.07, 6.45) is -0.761. The number of methoxy groups -OCH3 is 1. The molecule has 0 aromatic heterocycles. The van der Waals surface area contributed by atoms with Gasteiger partial charge in [-0.15, -0.1) is 0 Å². The highest BCUT2D eigenvalue weighted by atomic mass is 16.7. The Morgan fingerprint density at radius 1 is 1.38 bits per heavy atom. The van der Waals surface area contributed by atoms with E-state index in [-0.39, 0.29) is 6.79 Å². The molecule has 2 rings (SSSR count). The first-order valence-corrected chi connectivity index (χ1v) is 6.49. The molecule has 0 saturated carbocycles. The molecule has 21 heavy (non-hydrogen) atoms. The maximum atomic E-state index is 11.8. The number of fused-ring (bicyclic) bond motifs is 1. The van der Waals surface area contributed by atoms with Gasteiger partial charge in [0.05, 0.1) is 13.2 Å². The van der Waals surface area contributed by atoms with Gasteiger partial charge in [-0.1, -0.05) is 6.07 Å². The number of ether oxygens (including phenoxy) is 3. The number of imide groups is 1. The summed E-state index contributed by atoms with van der Waals surface area (Å²) in [6.45, 7) is 2.48. The summed E-state index contributed by atoms with van der Waals surface area (Å²) in [4.78, 5) is 24.7. The van der Waals surface area contributed by atoms with Crippen LogP contribution in [0.4, 0.5) is 4.79 Å². The molecule has 1 aliphatic heterocycles. The summed E-state index contributed by atoms with van der Waals surface area (Å²) < 4.78 is 15.0. The number of alkyl carbamates (subject to hydrolysis) is 1. The van der Waals surface area contributed by atoms with E-state index in [4.69, 9.17) is 9.47 Å². The third kappa shape index (κ3) is 3.63. The van der Waals surface area contributed by atoms with Crippen LogP contribution in [0.2, 0.25) is 0 Å². The Hall–Kier alpha value is -2.28. The van der Waals surface area contributed by atoms with Crippen molar-refractivity contribution in [2.24, 2.45) is 0 Å².